The number of anilines is 1. The first-order valence-electron chi connectivity index (χ1n) is 7.86. The van der Waals surface area contributed by atoms with E-state index in [4.69, 9.17) is 4.74 Å². The normalized spacial score (nSPS) is 14.3. The van der Waals surface area contributed by atoms with Gasteiger partial charge in [-0.3, -0.25) is 4.79 Å². The monoisotopic (exact) mass is 344 g/mol. The fourth-order valence-corrected chi connectivity index (χ4v) is 2.53. The number of aromatic nitrogens is 2. The molecule has 1 saturated heterocycles. The lowest BCUT2D eigenvalue weighted by molar-refractivity contribution is -0.134. The molecule has 1 aromatic heterocycles. The van der Waals surface area contributed by atoms with Crippen LogP contribution in [0.1, 0.15) is 10.4 Å². The maximum Gasteiger partial charge on any atom is 0.341 e. The van der Waals surface area contributed by atoms with E-state index in [2.05, 4.69) is 9.97 Å². The van der Waals surface area contributed by atoms with E-state index in [-0.39, 0.29) is 11.5 Å². The Morgan fingerprint density at radius 2 is 1.72 bits per heavy atom. The maximum absolute atomic E-state index is 13.5. The molecule has 3 rings (SSSR count). The van der Waals surface area contributed by atoms with Crippen LogP contribution in [0.25, 0.3) is 0 Å². The number of rotatable bonds is 4. The van der Waals surface area contributed by atoms with Crippen LogP contribution in [-0.2, 0) is 9.53 Å². The molecule has 1 amide bonds. The summed E-state index contributed by atoms with van der Waals surface area (Å²) in [6.45, 7) is 1.74. The number of ether oxygens (including phenoxy) is 1. The van der Waals surface area contributed by atoms with Gasteiger partial charge in [0.05, 0.1) is 5.56 Å². The summed E-state index contributed by atoms with van der Waals surface area (Å²) >= 11 is 0. The second-order valence-corrected chi connectivity index (χ2v) is 5.47. The van der Waals surface area contributed by atoms with Gasteiger partial charge in [0.2, 0.25) is 5.95 Å². The molecule has 1 fully saturated rings. The van der Waals surface area contributed by atoms with Crippen LogP contribution >= 0.6 is 0 Å². The summed E-state index contributed by atoms with van der Waals surface area (Å²) in [7, 11) is 0. The Balaban J connectivity index is 1.48. The van der Waals surface area contributed by atoms with Crippen molar-refractivity contribution in [1.29, 1.82) is 0 Å². The Bertz CT molecular complexity index is 749. The summed E-state index contributed by atoms with van der Waals surface area (Å²) in [5.74, 6) is -1.20. The smallest absolute Gasteiger partial charge is 0.341 e. The summed E-state index contributed by atoms with van der Waals surface area (Å²) in [5, 5.41) is 0. The van der Waals surface area contributed by atoms with Crippen LogP contribution in [-0.4, -0.2) is 59.5 Å². The van der Waals surface area contributed by atoms with Gasteiger partial charge in [-0.2, -0.15) is 0 Å². The van der Waals surface area contributed by atoms with Crippen LogP contribution in [0.15, 0.2) is 42.7 Å². The summed E-state index contributed by atoms with van der Waals surface area (Å²) in [4.78, 5) is 35.9. The summed E-state index contributed by atoms with van der Waals surface area (Å²) in [6, 6.07) is 7.25. The van der Waals surface area contributed by atoms with Gasteiger partial charge in [0.25, 0.3) is 5.91 Å². The van der Waals surface area contributed by atoms with Gasteiger partial charge < -0.3 is 14.5 Å². The first-order chi connectivity index (χ1) is 12.1. The molecule has 1 aliphatic rings. The molecule has 0 bridgehead atoms. The van der Waals surface area contributed by atoms with Crippen molar-refractivity contribution in [3.05, 3.63) is 54.1 Å². The Labute approximate surface area is 144 Å². The van der Waals surface area contributed by atoms with Crippen molar-refractivity contribution in [2.45, 2.75) is 0 Å². The average Bonchev–Trinajstić information content (AvgIpc) is 2.67. The number of carbonyl (C=O) groups is 2. The third-order valence-corrected chi connectivity index (χ3v) is 3.89. The molecule has 0 unspecified atom stereocenters. The number of nitrogens with zero attached hydrogens (tertiary/aromatic N) is 4. The number of carbonyl (C=O) groups excluding carboxylic acids is 2. The highest BCUT2D eigenvalue weighted by atomic mass is 19.1. The van der Waals surface area contributed by atoms with Crippen LogP contribution in [0, 0.1) is 5.82 Å². The molecule has 2 heterocycles. The van der Waals surface area contributed by atoms with Gasteiger partial charge >= 0.3 is 5.97 Å². The van der Waals surface area contributed by atoms with E-state index in [1.54, 1.807) is 23.4 Å². The highest BCUT2D eigenvalue weighted by Gasteiger charge is 2.23. The number of amides is 1. The number of piperazine rings is 1. The minimum absolute atomic E-state index is 0.179. The lowest BCUT2D eigenvalue weighted by Gasteiger charge is -2.34. The molecule has 0 radical (unpaired) electrons. The molecule has 7 nitrogen and oxygen atoms in total. The minimum Gasteiger partial charge on any atom is -0.452 e. The van der Waals surface area contributed by atoms with E-state index in [0.717, 1.165) is 0 Å². The molecule has 0 spiro atoms. The van der Waals surface area contributed by atoms with Crippen LogP contribution in [0.5, 0.6) is 0 Å². The highest BCUT2D eigenvalue weighted by molar-refractivity contribution is 5.91. The van der Waals surface area contributed by atoms with Gasteiger partial charge in [0, 0.05) is 38.6 Å². The quantitative estimate of drug-likeness (QED) is 0.774. The number of esters is 1. The predicted octanol–water partition coefficient (Wildman–Crippen LogP) is 1.12. The Hall–Kier alpha value is -3.03. The Morgan fingerprint density at radius 3 is 2.40 bits per heavy atom. The van der Waals surface area contributed by atoms with Crippen LogP contribution in [0.4, 0.5) is 10.3 Å². The van der Waals surface area contributed by atoms with Crippen molar-refractivity contribution in [3.8, 4) is 0 Å². The van der Waals surface area contributed by atoms with Crippen LogP contribution in [0.3, 0.4) is 0 Å². The second-order valence-electron chi connectivity index (χ2n) is 5.47. The van der Waals surface area contributed by atoms with Crippen molar-refractivity contribution in [1.82, 2.24) is 14.9 Å². The molecule has 0 saturated carbocycles. The lowest BCUT2D eigenvalue weighted by atomic mass is 10.2. The molecule has 8 heteroatoms. The Morgan fingerprint density at radius 1 is 1.04 bits per heavy atom. The predicted molar refractivity (Wildman–Crippen MR) is 87.5 cm³/mol. The zero-order chi connectivity index (χ0) is 17.6. The molecule has 25 heavy (non-hydrogen) atoms. The van der Waals surface area contributed by atoms with Gasteiger partial charge in [-0.15, -0.1) is 0 Å². The van der Waals surface area contributed by atoms with Gasteiger partial charge in [0.15, 0.2) is 6.61 Å². The fraction of sp³-hybridized carbons (Fsp3) is 0.294. The molecular weight excluding hydrogens is 327 g/mol. The molecule has 1 aromatic carbocycles. The van der Waals surface area contributed by atoms with Crippen molar-refractivity contribution < 1.29 is 18.7 Å². The molecule has 2 aromatic rings. The number of benzene rings is 1. The number of halogens is 1. The van der Waals surface area contributed by atoms with Gasteiger partial charge in [0.1, 0.15) is 5.82 Å². The van der Waals surface area contributed by atoms with Crippen molar-refractivity contribution in [2.75, 3.05) is 37.7 Å². The molecule has 0 aliphatic carbocycles. The zero-order valence-corrected chi connectivity index (χ0v) is 13.5. The number of hydrogen-bond acceptors (Lipinski definition) is 6. The van der Waals surface area contributed by atoms with E-state index < -0.39 is 18.4 Å². The van der Waals surface area contributed by atoms with Crippen molar-refractivity contribution in [3.63, 3.8) is 0 Å². The first kappa shape index (κ1) is 16.8. The van der Waals surface area contributed by atoms with E-state index in [0.29, 0.717) is 32.1 Å². The minimum atomic E-state index is -0.845. The van der Waals surface area contributed by atoms with Crippen LogP contribution in [0.2, 0.25) is 0 Å². The number of hydrogen-bond donors (Lipinski definition) is 0. The summed E-state index contributed by atoms with van der Waals surface area (Å²) < 4.78 is 18.4. The van der Waals surface area contributed by atoms with E-state index in [1.165, 1.54) is 24.3 Å². The largest absolute Gasteiger partial charge is 0.452 e. The highest BCUT2D eigenvalue weighted by Crippen LogP contribution is 2.11. The zero-order valence-electron chi connectivity index (χ0n) is 13.5. The molecule has 0 atom stereocenters. The van der Waals surface area contributed by atoms with Crippen molar-refractivity contribution >= 4 is 17.8 Å². The standard InChI is InChI=1S/C17H17FN4O3/c18-14-5-2-1-4-13(14)16(24)25-12-15(23)21-8-10-22(11-9-21)17-19-6-3-7-20-17/h1-7H,8-12H2. The van der Waals surface area contributed by atoms with E-state index in [1.807, 2.05) is 4.90 Å². The lowest BCUT2D eigenvalue weighted by Crippen LogP contribution is -2.50. The third kappa shape index (κ3) is 4.09. The fourth-order valence-electron chi connectivity index (χ4n) is 2.53. The Kier molecular flexibility index (Phi) is 5.17. The molecule has 130 valence electrons. The molecular formula is C17H17FN4O3. The third-order valence-electron chi connectivity index (χ3n) is 3.89. The van der Waals surface area contributed by atoms with Gasteiger partial charge in [-0.1, -0.05) is 12.1 Å². The average molecular weight is 344 g/mol. The SMILES string of the molecule is O=C(OCC(=O)N1CCN(c2ncccn2)CC1)c1ccccc1F. The van der Waals surface area contributed by atoms with E-state index >= 15 is 0 Å². The summed E-state index contributed by atoms with van der Waals surface area (Å²) in [5.41, 5.74) is -0.179. The van der Waals surface area contributed by atoms with Gasteiger partial charge in [-0.05, 0) is 18.2 Å². The van der Waals surface area contributed by atoms with E-state index in [9.17, 15) is 14.0 Å². The topological polar surface area (TPSA) is 75.6 Å². The first-order valence-corrected chi connectivity index (χ1v) is 7.86. The van der Waals surface area contributed by atoms with Crippen molar-refractivity contribution in [2.24, 2.45) is 0 Å². The summed E-state index contributed by atoms with van der Waals surface area (Å²) in [6.07, 6.45) is 3.34. The van der Waals surface area contributed by atoms with Gasteiger partial charge in [-0.25, -0.2) is 19.2 Å². The molecule has 1 aliphatic heterocycles. The molecule has 0 N–H and O–H groups in total. The van der Waals surface area contributed by atoms with Crippen LogP contribution < -0.4 is 4.90 Å². The maximum atomic E-state index is 13.5. The second kappa shape index (κ2) is 7.69.